The van der Waals surface area contributed by atoms with Crippen LogP contribution in [0.1, 0.15) is 30.4 Å². The third-order valence-corrected chi connectivity index (χ3v) is 5.35. The van der Waals surface area contributed by atoms with Gasteiger partial charge in [-0.3, -0.25) is 9.59 Å². The van der Waals surface area contributed by atoms with Gasteiger partial charge in [0, 0.05) is 22.8 Å². The fourth-order valence-electron chi connectivity index (χ4n) is 3.54. The molecule has 1 heterocycles. The monoisotopic (exact) mass is 421 g/mol. The van der Waals surface area contributed by atoms with E-state index < -0.39 is 12.1 Å². The number of anilines is 1. The van der Waals surface area contributed by atoms with Gasteiger partial charge in [-0.05, 0) is 62.9 Å². The standard InChI is InChI=1S/C24H31N5O2/c1-16-9-11-18(12-10-16)28-24(31)22(8-4-5-13-25)29-23(30)20(26)14-17-15-27-21-7-3-2-6-19(17)21/h2-3,6-7,9-12,15,20,22,27H,4-5,8,13-14,25-26H2,1H3,(H,28,31)(H,29,30)/t20-,22-/m0/s1. The number of aromatic amines is 1. The molecule has 7 heteroatoms. The highest BCUT2D eigenvalue weighted by Gasteiger charge is 2.24. The Hall–Kier alpha value is -3.16. The first-order valence-corrected chi connectivity index (χ1v) is 10.7. The molecule has 2 atom stereocenters. The molecule has 0 aliphatic carbocycles. The molecule has 3 aromatic rings. The first-order valence-electron chi connectivity index (χ1n) is 10.7. The molecule has 0 radical (unpaired) electrons. The van der Waals surface area contributed by atoms with Gasteiger partial charge in [-0.2, -0.15) is 0 Å². The Kier molecular flexibility index (Phi) is 7.81. The first-order chi connectivity index (χ1) is 15.0. The summed E-state index contributed by atoms with van der Waals surface area (Å²) in [6.45, 7) is 2.52. The number of aryl methyl sites for hydroxylation is 1. The Morgan fingerprint density at radius 3 is 2.52 bits per heavy atom. The molecule has 0 saturated heterocycles. The zero-order valence-electron chi connectivity index (χ0n) is 17.9. The van der Waals surface area contributed by atoms with Crippen LogP contribution in [0.2, 0.25) is 0 Å². The Labute approximate surface area is 182 Å². The van der Waals surface area contributed by atoms with Crippen LogP contribution in [0.25, 0.3) is 10.9 Å². The molecule has 3 rings (SSSR count). The average molecular weight is 422 g/mol. The van der Waals surface area contributed by atoms with Crippen molar-refractivity contribution in [2.24, 2.45) is 11.5 Å². The lowest BCUT2D eigenvalue weighted by Gasteiger charge is -2.21. The van der Waals surface area contributed by atoms with E-state index in [1.807, 2.05) is 61.7 Å². The summed E-state index contributed by atoms with van der Waals surface area (Å²) in [4.78, 5) is 28.8. The maximum atomic E-state index is 12.8. The van der Waals surface area contributed by atoms with Gasteiger partial charge in [-0.25, -0.2) is 0 Å². The number of amides is 2. The summed E-state index contributed by atoms with van der Waals surface area (Å²) in [6, 6.07) is 14.0. The minimum atomic E-state index is -0.761. The summed E-state index contributed by atoms with van der Waals surface area (Å²) in [5, 5.41) is 6.76. The smallest absolute Gasteiger partial charge is 0.246 e. The second-order valence-corrected chi connectivity index (χ2v) is 7.87. The van der Waals surface area contributed by atoms with Crippen molar-refractivity contribution in [2.45, 2.75) is 44.7 Å². The summed E-state index contributed by atoms with van der Waals surface area (Å²) in [7, 11) is 0. The molecule has 2 aromatic carbocycles. The van der Waals surface area contributed by atoms with Crippen LogP contribution in [0.3, 0.4) is 0 Å². The van der Waals surface area contributed by atoms with Crippen molar-refractivity contribution in [3.05, 3.63) is 65.9 Å². The van der Waals surface area contributed by atoms with E-state index in [1.165, 1.54) is 0 Å². The molecule has 7 nitrogen and oxygen atoms in total. The van der Waals surface area contributed by atoms with Crippen LogP contribution in [-0.4, -0.2) is 35.4 Å². The molecule has 1 aromatic heterocycles. The van der Waals surface area contributed by atoms with Gasteiger partial charge in [0.1, 0.15) is 6.04 Å². The molecule has 0 aliphatic heterocycles. The fourth-order valence-corrected chi connectivity index (χ4v) is 3.54. The quantitative estimate of drug-likeness (QED) is 0.323. The first kappa shape index (κ1) is 22.5. The topological polar surface area (TPSA) is 126 Å². The van der Waals surface area contributed by atoms with E-state index in [1.54, 1.807) is 0 Å². The molecule has 0 unspecified atom stereocenters. The maximum absolute atomic E-state index is 12.8. The van der Waals surface area contributed by atoms with Gasteiger partial charge >= 0.3 is 0 Å². The molecule has 0 saturated carbocycles. The van der Waals surface area contributed by atoms with Gasteiger partial charge in [0.15, 0.2) is 0 Å². The Morgan fingerprint density at radius 1 is 1.03 bits per heavy atom. The minimum absolute atomic E-state index is 0.256. The van der Waals surface area contributed by atoms with Crippen molar-refractivity contribution in [1.29, 1.82) is 0 Å². The van der Waals surface area contributed by atoms with Gasteiger partial charge in [0.05, 0.1) is 6.04 Å². The van der Waals surface area contributed by atoms with E-state index in [4.69, 9.17) is 11.5 Å². The van der Waals surface area contributed by atoms with Crippen LogP contribution >= 0.6 is 0 Å². The van der Waals surface area contributed by atoms with E-state index >= 15 is 0 Å². The number of aromatic nitrogens is 1. The normalized spacial score (nSPS) is 13.0. The highest BCUT2D eigenvalue weighted by Crippen LogP contribution is 2.19. The third kappa shape index (κ3) is 6.16. The summed E-state index contributed by atoms with van der Waals surface area (Å²) < 4.78 is 0. The van der Waals surface area contributed by atoms with Crippen LogP contribution in [0.5, 0.6) is 0 Å². The lowest BCUT2D eigenvalue weighted by Crippen LogP contribution is -2.50. The van der Waals surface area contributed by atoms with Gasteiger partial charge < -0.3 is 27.1 Å². The van der Waals surface area contributed by atoms with Gasteiger partial charge in [-0.15, -0.1) is 0 Å². The predicted molar refractivity (Wildman–Crippen MR) is 125 cm³/mol. The van der Waals surface area contributed by atoms with Crippen LogP contribution < -0.4 is 22.1 Å². The Bertz CT molecular complexity index is 1010. The number of unbranched alkanes of at least 4 members (excludes halogenated alkanes) is 1. The molecule has 31 heavy (non-hydrogen) atoms. The molecule has 0 spiro atoms. The van der Waals surface area contributed by atoms with Crippen LogP contribution in [0, 0.1) is 6.92 Å². The Balaban J connectivity index is 1.64. The lowest BCUT2D eigenvalue weighted by molar-refractivity contribution is -0.127. The molecule has 0 fully saturated rings. The number of fused-ring (bicyclic) bond motifs is 1. The van der Waals surface area contributed by atoms with Crippen molar-refractivity contribution >= 4 is 28.4 Å². The van der Waals surface area contributed by atoms with E-state index in [0.717, 1.165) is 34.9 Å². The highest BCUT2D eigenvalue weighted by atomic mass is 16.2. The third-order valence-electron chi connectivity index (χ3n) is 5.35. The largest absolute Gasteiger partial charge is 0.361 e. The maximum Gasteiger partial charge on any atom is 0.246 e. The highest BCUT2D eigenvalue weighted by molar-refractivity contribution is 5.98. The SMILES string of the molecule is Cc1ccc(NC(=O)[C@H](CCCCN)NC(=O)[C@@H](N)Cc2c[nH]c3ccccc23)cc1. The number of para-hydroxylation sites is 1. The second-order valence-electron chi connectivity index (χ2n) is 7.87. The van der Waals surface area contributed by atoms with Crippen molar-refractivity contribution in [2.75, 3.05) is 11.9 Å². The number of hydrogen-bond donors (Lipinski definition) is 5. The second kappa shape index (κ2) is 10.7. The van der Waals surface area contributed by atoms with Crippen molar-refractivity contribution in [3.8, 4) is 0 Å². The summed E-state index contributed by atoms with van der Waals surface area (Å²) in [6.07, 6.45) is 4.28. The van der Waals surface area contributed by atoms with Gasteiger partial charge in [0.2, 0.25) is 11.8 Å². The number of carbonyl (C=O) groups excluding carboxylic acids is 2. The zero-order chi connectivity index (χ0) is 22.2. The van der Waals surface area contributed by atoms with E-state index in [9.17, 15) is 9.59 Å². The van der Waals surface area contributed by atoms with Gasteiger partial charge in [-0.1, -0.05) is 35.9 Å². The molecule has 7 N–H and O–H groups in total. The molecule has 2 amide bonds. The number of benzene rings is 2. The molecular weight excluding hydrogens is 390 g/mol. The Morgan fingerprint density at radius 2 is 1.77 bits per heavy atom. The predicted octanol–water partition coefficient (Wildman–Crippen LogP) is 2.60. The number of nitrogens with two attached hydrogens (primary N) is 2. The fraction of sp³-hybridized carbons (Fsp3) is 0.333. The van der Waals surface area contributed by atoms with E-state index in [-0.39, 0.29) is 11.8 Å². The molecule has 164 valence electrons. The van der Waals surface area contributed by atoms with Gasteiger partial charge in [0.25, 0.3) is 0 Å². The minimum Gasteiger partial charge on any atom is -0.361 e. The lowest BCUT2D eigenvalue weighted by atomic mass is 10.0. The van der Waals surface area contributed by atoms with Crippen molar-refractivity contribution in [1.82, 2.24) is 10.3 Å². The van der Waals surface area contributed by atoms with Crippen LogP contribution in [-0.2, 0) is 16.0 Å². The number of rotatable bonds is 10. The summed E-state index contributed by atoms with van der Waals surface area (Å²) in [5.41, 5.74) is 15.6. The zero-order valence-corrected chi connectivity index (χ0v) is 17.9. The van der Waals surface area contributed by atoms with Crippen LogP contribution in [0.4, 0.5) is 5.69 Å². The summed E-state index contributed by atoms with van der Waals surface area (Å²) >= 11 is 0. The van der Waals surface area contributed by atoms with E-state index in [2.05, 4.69) is 15.6 Å². The number of nitrogens with one attached hydrogen (secondary N) is 3. The van der Waals surface area contributed by atoms with Crippen molar-refractivity contribution in [3.63, 3.8) is 0 Å². The molecule has 0 aliphatic rings. The number of H-pyrrole nitrogens is 1. The summed E-state index contributed by atoms with van der Waals surface area (Å²) in [5.74, 6) is -0.601. The van der Waals surface area contributed by atoms with Crippen LogP contribution in [0.15, 0.2) is 54.7 Å². The number of hydrogen-bond acceptors (Lipinski definition) is 4. The molecular formula is C24H31N5O2. The van der Waals surface area contributed by atoms with E-state index in [0.29, 0.717) is 25.1 Å². The number of carbonyl (C=O) groups is 2. The molecule has 0 bridgehead atoms. The average Bonchev–Trinajstić information content (AvgIpc) is 3.17. The van der Waals surface area contributed by atoms with Crippen molar-refractivity contribution < 1.29 is 9.59 Å².